The Morgan fingerprint density at radius 1 is 1.32 bits per heavy atom. The van der Waals surface area contributed by atoms with E-state index < -0.39 is 12.0 Å². The summed E-state index contributed by atoms with van der Waals surface area (Å²) in [6.07, 6.45) is 7.29. The van der Waals surface area contributed by atoms with Gasteiger partial charge in [0, 0.05) is 18.9 Å². The molecule has 2 aliphatic rings. The lowest BCUT2D eigenvalue weighted by atomic mass is 9.94. The summed E-state index contributed by atoms with van der Waals surface area (Å²) in [7, 11) is 0. The van der Waals surface area contributed by atoms with Gasteiger partial charge in [0.05, 0.1) is 6.20 Å². The minimum Gasteiger partial charge on any atom is -0.480 e. The predicted molar refractivity (Wildman–Crippen MR) is 65.3 cm³/mol. The van der Waals surface area contributed by atoms with E-state index in [1.807, 2.05) is 0 Å². The quantitative estimate of drug-likeness (QED) is 0.851. The fourth-order valence-electron chi connectivity index (χ4n) is 3.39. The van der Waals surface area contributed by atoms with Crippen molar-refractivity contribution in [1.29, 1.82) is 0 Å². The first-order valence-corrected chi connectivity index (χ1v) is 6.48. The Kier molecular flexibility index (Phi) is 2.93. The van der Waals surface area contributed by atoms with Crippen LogP contribution in [-0.4, -0.2) is 44.4 Å². The van der Waals surface area contributed by atoms with Crippen molar-refractivity contribution in [2.24, 2.45) is 11.8 Å². The molecule has 19 heavy (non-hydrogen) atoms. The largest absolute Gasteiger partial charge is 0.480 e. The van der Waals surface area contributed by atoms with Gasteiger partial charge in [0.25, 0.3) is 5.91 Å². The Bertz CT molecular complexity index is 505. The Labute approximate surface area is 110 Å². The number of carboxylic acid groups (broad SMARTS) is 1. The third-order valence-corrected chi connectivity index (χ3v) is 4.19. The smallest absolute Gasteiger partial charge is 0.326 e. The SMILES string of the molecule is O=C(O)C1C2CCCC2CN1C(=O)c1cnccn1. The highest BCUT2D eigenvalue weighted by atomic mass is 16.4. The van der Waals surface area contributed by atoms with E-state index >= 15 is 0 Å². The van der Waals surface area contributed by atoms with Gasteiger partial charge in [-0.3, -0.25) is 9.78 Å². The number of amides is 1. The molecular formula is C13H15N3O3. The minimum absolute atomic E-state index is 0.0955. The molecule has 2 heterocycles. The average Bonchev–Trinajstić information content (AvgIpc) is 2.98. The zero-order chi connectivity index (χ0) is 13.4. The zero-order valence-electron chi connectivity index (χ0n) is 10.4. The molecule has 1 aliphatic heterocycles. The highest BCUT2D eigenvalue weighted by Gasteiger charge is 2.49. The normalized spacial score (nSPS) is 29.3. The molecule has 0 bridgehead atoms. The molecule has 3 unspecified atom stereocenters. The summed E-state index contributed by atoms with van der Waals surface area (Å²) < 4.78 is 0. The second kappa shape index (κ2) is 4.60. The minimum atomic E-state index is -0.911. The van der Waals surface area contributed by atoms with Crippen molar-refractivity contribution in [2.75, 3.05) is 6.54 Å². The molecule has 0 radical (unpaired) electrons. The topological polar surface area (TPSA) is 83.4 Å². The molecule has 1 aliphatic carbocycles. The highest BCUT2D eigenvalue weighted by Crippen LogP contribution is 2.42. The van der Waals surface area contributed by atoms with Crippen LogP contribution in [0, 0.1) is 11.8 Å². The molecular weight excluding hydrogens is 246 g/mol. The number of hydrogen-bond acceptors (Lipinski definition) is 4. The number of carbonyl (C=O) groups is 2. The van der Waals surface area contributed by atoms with Crippen LogP contribution in [0.25, 0.3) is 0 Å². The van der Waals surface area contributed by atoms with Crippen LogP contribution in [0.2, 0.25) is 0 Å². The molecule has 1 saturated carbocycles. The van der Waals surface area contributed by atoms with Crippen molar-refractivity contribution in [3.8, 4) is 0 Å². The van der Waals surface area contributed by atoms with E-state index in [9.17, 15) is 14.7 Å². The van der Waals surface area contributed by atoms with Crippen LogP contribution in [0.5, 0.6) is 0 Å². The number of fused-ring (bicyclic) bond motifs is 1. The fourth-order valence-corrected chi connectivity index (χ4v) is 3.39. The van der Waals surface area contributed by atoms with Gasteiger partial charge in [-0.2, -0.15) is 0 Å². The van der Waals surface area contributed by atoms with E-state index in [-0.39, 0.29) is 17.5 Å². The summed E-state index contributed by atoms with van der Waals surface area (Å²) in [6.45, 7) is 0.525. The maximum atomic E-state index is 12.4. The van der Waals surface area contributed by atoms with Gasteiger partial charge in [-0.1, -0.05) is 6.42 Å². The van der Waals surface area contributed by atoms with E-state index in [1.54, 1.807) is 0 Å². The third kappa shape index (κ3) is 1.97. The van der Waals surface area contributed by atoms with Crippen molar-refractivity contribution in [2.45, 2.75) is 25.3 Å². The number of aliphatic carboxylic acids is 1. The van der Waals surface area contributed by atoms with Crippen LogP contribution < -0.4 is 0 Å². The first-order valence-electron chi connectivity index (χ1n) is 6.48. The monoisotopic (exact) mass is 261 g/mol. The van der Waals surface area contributed by atoms with Gasteiger partial charge < -0.3 is 10.0 Å². The highest BCUT2D eigenvalue weighted by molar-refractivity contribution is 5.95. The summed E-state index contributed by atoms with van der Waals surface area (Å²) in [5.41, 5.74) is 0.216. The number of carbonyl (C=O) groups excluding carboxylic acids is 1. The van der Waals surface area contributed by atoms with Gasteiger partial charge in [-0.25, -0.2) is 9.78 Å². The van der Waals surface area contributed by atoms with Gasteiger partial charge in [-0.15, -0.1) is 0 Å². The van der Waals surface area contributed by atoms with E-state index in [1.165, 1.54) is 23.5 Å². The number of nitrogens with zero attached hydrogens (tertiary/aromatic N) is 3. The molecule has 1 aromatic rings. The maximum absolute atomic E-state index is 12.4. The fraction of sp³-hybridized carbons (Fsp3) is 0.538. The van der Waals surface area contributed by atoms with Crippen LogP contribution in [0.4, 0.5) is 0 Å². The number of likely N-dealkylation sites (tertiary alicyclic amines) is 1. The zero-order valence-corrected chi connectivity index (χ0v) is 10.4. The lowest BCUT2D eigenvalue weighted by molar-refractivity contribution is -0.142. The average molecular weight is 261 g/mol. The summed E-state index contributed by atoms with van der Waals surface area (Å²) in [6, 6.07) is -0.706. The standard InChI is InChI=1S/C13H15N3O3/c17-12(10-6-14-4-5-15-10)16-7-8-2-1-3-9(8)11(16)13(18)19/h4-6,8-9,11H,1-3,7H2,(H,18,19). The predicted octanol–water partition coefficient (Wildman–Crippen LogP) is 0.802. The Morgan fingerprint density at radius 3 is 2.84 bits per heavy atom. The number of rotatable bonds is 2. The Morgan fingerprint density at radius 2 is 2.16 bits per heavy atom. The summed E-state index contributed by atoms with van der Waals surface area (Å²) in [4.78, 5) is 33.1. The summed E-state index contributed by atoms with van der Waals surface area (Å²) in [5, 5.41) is 9.40. The van der Waals surface area contributed by atoms with Crippen molar-refractivity contribution < 1.29 is 14.7 Å². The van der Waals surface area contributed by atoms with Crippen molar-refractivity contribution in [1.82, 2.24) is 14.9 Å². The van der Waals surface area contributed by atoms with Crippen LogP contribution in [0.15, 0.2) is 18.6 Å². The molecule has 6 nitrogen and oxygen atoms in total. The van der Waals surface area contributed by atoms with Crippen molar-refractivity contribution in [3.05, 3.63) is 24.3 Å². The van der Waals surface area contributed by atoms with E-state index in [4.69, 9.17) is 0 Å². The van der Waals surface area contributed by atoms with Gasteiger partial charge in [-0.05, 0) is 24.7 Å². The first kappa shape index (κ1) is 12.1. The molecule has 6 heteroatoms. The van der Waals surface area contributed by atoms with Gasteiger partial charge in [0.2, 0.25) is 0 Å². The summed E-state index contributed by atoms with van der Waals surface area (Å²) in [5.74, 6) is -0.818. The van der Waals surface area contributed by atoms with Crippen molar-refractivity contribution in [3.63, 3.8) is 0 Å². The van der Waals surface area contributed by atoms with Crippen LogP contribution >= 0.6 is 0 Å². The molecule has 1 aromatic heterocycles. The molecule has 1 N–H and O–H groups in total. The van der Waals surface area contributed by atoms with E-state index in [0.717, 1.165) is 19.3 Å². The van der Waals surface area contributed by atoms with Crippen LogP contribution in [0.3, 0.4) is 0 Å². The molecule has 2 fully saturated rings. The van der Waals surface area contributed by atoms with Gasteiger partial charge >= 0.3 is 5.97 Å². The maximum Gasteiger partial charge on any atom is 0.326 e. The van der Waals surface area contributed by atoms with Crippen LogP contribution in [-0.2, 0) is 4.79 Å². The van der Waals surface area contributed by atoms with E-state index in [2.05, 4.69) is 9.97 Å². The number of hydrogen-bond donors (Lipinski definition) is 1. The molecule has 100 valence electrons. The third-order valence-electron chi connectivity index (χ3n) is 4.19. The van der Waals surface area contributed by atoms with E-state index in [0.29, 0.717) is 12.5 Å². The summed E-state index contributed by atoms with van der Waals surface area (Å²) >= 11 is 0. The second-order valence-electron chi connectivity index (χ2n) is 5.19. The lowest BCUT2D eigenvalue weighted by Gasteiger charge is -2.23. The van der Waals surface area contributed by atoms with Gasteiger partial charge in [0.15, 0.2) is 0 Å². The molecule has 3 atom stereocenters. The van der Waals surface area contributed by atoms with Gasteiger partial charge in [0.1, 0.15) is 11.7 Å². The molecule has 1 saturated heterocycles. The number of carboxylic acids is 1. The molecule has 0 aromatic carbocycles. The Hall–Kier alpha value is -1.98. The number of aromatic nitrogens is 2. The molecule has 0 spiro atoms. The molecule has 3 rings (SSSR count). The first-order chi connectivity index (χ1) is 9.18. The lowest BCUT2D eigenvalue weighted by Crippen LogP contribution is -2.43. The Balaban J connectivity index is 1.88. The second-order valence-corrected chi connectivity index (χ2v) is 5.19. The van der Waals surface area contributed by atoms with Crippen LogP contribution in [0.1, 0.15) is 29.8 Å². The molecule has 1 amide bonds. The van der Waals surface area contributed by atoms with Crippen molar-refractivity contribution >= 4 is 11.9 Å².